The third-order valence-electron chi connectivity index (χ3n) is 2.82. The van der Waals surface area contributed by atoms with Crippen molar-refractivity contribution in [3.63, 3.8) is 0 Å². The Morgan fingerprint density at radius 1 is 1.35 bits per heavy atom. The summed E-state index contributed by atoms with van der Waals surface area (Å²) in [5.41, 5.74) is -0.361. The molecule has 112 valence electrons. The molecule has 0 fully saturated rings. The van der Waals surface area contributed by atoms with Gasteiger partial charge in [-0.05, 0) is 20.3 Å². The van der Waals surface area contributed by atoms with Crippen LogP contribution in [0.15, 0.2) is 12.1 Å². The molecule has 20 heavy (non-hydrogen) atoms. The van der Waals surface area contributed by atoms with Crippen molar-refractivity contribution in [3.05, 3.63) is 22.2 Å². The Morgan fingerprint density at radius 3 is 2.45 bits per heavy atom. The van der Waals surface area contributed by atoms with Crippen molar-refractivity contribution >= 4 is 17.3 Å². The van der Waals surface area contributed by atoms with Crippen molar-refractivity contribution in [2.24, 2.45) is 0 Å². The maximum atomic E-state index is 10.9. The van der Waals surface area contributed by atoms with Crippen molar-refractivity contribution in [3.8, 4) is 0 Å². The Hall–Kier alpha value is -1.89. The molecule has 0 atom stereocenters. The van der Waals surface area contributed by atoms with Gasteiger partial charge >= 0.3 is 0 Å². The second-order valence-electron chi connectivity index (χ2n) is 5.10. The van der Waals surface area contributed by atoms with Gasteiger partial charge in [-0.3, -0.25) is 10.1 Å². The number of ether oxygens (including phenoxy) is 1. The van der Waals surface area contributed by atoms with Crippen LogP contribution in [0.5, 0.6) is 0 Å². The molecule has 7 heteroatoms. The van der Waals surface area contributed by atoms with Crippen LogP contribution in [0.25, 0.3) is 0 Å². The highest BCUT2D eigenvalue weighted by Crippen LogP contribution is 2.21. The van der Waals surface area contributed by atoms with Crippen LogP contribution in [-0.4, -0.2) is 35.7 Å². The molecule has 0 aliphatic rings. The fraction of sp³-hybridized carbons (Fsp3) is 0.615. The first-order chi connectivity index (χ1) is 9.38. The van der Waals surface area contributed by atoms with Gasteiger partial charge < -0.3 is 15.4 Å². The highest BCUT2D eigenvalue weighted by molar-refractivity contribution is 5.54. The smallest absolute Gasteiger partial charge is 0.276 e. The summed E-state index contributed by atoms with van der Waals surface area (Å²) in [6.07, 6.45) is 0.920. The third-order valence-corrected chi connectivity index (χ3v) is 2.82. The molecular formula is C13H22N4O3. The first-order valence-electron chi connectivity index (χ1n) is 6.57. The minimum Gasteiger partial charge on any atom is -0.377 e. The molecule has 1 rings (SSSR count). The van der Waals surface area contributed by atoms with Gasteiger partial charge in [0.15, 0.2) is 0 Å². The zero-order valence-electron chi connectivity index (χ0n) is 12.4. The Balaban J connectivity index is 2.88. The van der Waals surface area contributed by atoms with E-state index in [4.69, 9.17) is 4.74 Å². The van der Waals surface area contributed by atoms with Crippen molar-refractivity contribution in [1.82, 2.24) is 4.98 Å². The number of hydrogen-bond acceptors (Lipinski definition) is 6. The van der Waals surface area contributed by atoms with E-state index in [0.717, 1.165) is 13.0 Å². The molecule has 0 saturated heterocycles. The fourth-order valence-electron chi connectivity index (χ4n) is 1.43. The van der Waals surface area contributed by atoms with Gasteiger partial charge in [0.05, 0.1) is 22.7 Å². The normalized spacial score (nSPS) is 11.2. The van der Waals surface area contributed by atoms with E-state index in [9.17, 15) is 10.1 Å². The molecule has 0 aromatic carbocycles. The number of nitrogens with zero attached hydrogens (tertiary/aromatic N) is 2. The van der Waals surface area contributed by atoms with E-state index in [1.165, 1.54) is 12.1 Å². The zero-order valence-corrected chi connectivity index (χ0v) is 12.4. The van der Waals surface area contributed by atoms with Gasteiger partial charge in [-0.1, -0.05) is 6.92 Å². The molecule has 7 nitrogen and oxygen atoms in total. The average molecular weight is 282 g/mol. The summed E-state index contributed by atoms with van der Waals surface area (Å²) in [5.74, 6) is 0.960. The third kappa shape index (κ3) is 5.00. The SMILES string of the molecule is CCCNc1cc([N+](=O)[O-])cc(NCC(C)(C)OC)n1. The molecule has 0 saturated carbocycles. The standard InChI is InChI=1S/C13H22N4O3/c1-5-6-14-11-7-10(17(18)19)8-12(16-11)15-9-13(2,3)20-4/h7-8H,5-6,9H2,1-4H3,(H2,14,15,16). The summed E-state index contributed by atoms with van der Waals surface area (Å²) in [4.78, 5) is 14.8. The summed E-state index contributed by atoms with van der Waals surface area (Å²) >= 11 is 0. The van der Waals surface area contributed by atoms with Crippen molar-refractivity contribution in [2.75, 3.05) is 30.8 Å². The van der Waals surface area contributed by atoms with Crippen LogP contribution in [0, 0.1) is 10.1 Å². The number of rotatable bonds is 8. The van der Waals surface area contributed by atoms with Crippen LogP contribution in [0.1, 0.15) is 27.2 Å². The van der Waals surface area contributed by atoms with Crippen molar-refractivity contribution in [1.29, 1.82) is 0 Å². The Kier molecular flexibility index (Phi) is 5.69. The number of anilines is 2. The topological polar surface area (TPSA) is 89.3 Å². The Labute approximate surface area is 118 Å². The number of methoxy groups -OCH3 is 1. The first-order valence-corrected chi connectivity index (χ1v) is 6.57. The molecule has 0 amide bonds. The van der Waals surface area contributed by atoms with Gasteiger partial charge in [0, 0.05) is 20.2 Å². The number of nitrogens with one attached hydrogen (secondary N) is 2. The summed E-state index contributed by atoms with van der Waals surface area (Å²) in [5, 5.41) is 17.1. The first kappa shape index (κ1) is 16.2. The lowest BCUT2D eigenvalue weighted by atomic mass is 10.1. The van der Waals surface area contributed by atoms with Gasteiger partial charge in [-0.2, -0.15) is 0 Å². The summed E-state index contributed by atoms with van der Waals surface area (Å²) in [6, 6.07) is 2.85. The van der Waals surface area contributed by atoms with Crippen LogP contribution >= 0.6 is 0 Å². The molecule has 0 aliphatic carbocycles. The van der Waals surface area contributed by atoms with Gasteiger partial charge in [-0.15, -0.1) is 0 Å². The van der Waals surface area contributed by atoms with Crippen LogP contribution in [-0.2, 0) is 4.74 Å². The predicted octanol–water partition coefficient (Wildman–Crippen LogP) is 2.65. The highest BCUT2D eigenvalue weighted by atomic mass is 16.6. The minimum absolute atomic E-state index is 0.0105. The maximum Gasteiger partial charge on any atom is 0.276 e. The monoisotopic (exact) mass is 282 g/mol. The van der Waals surface area contributed by atoms with Crippen LogP contribution in [0.4, 0.5) is 17.3 Å². The maximum absolute atomic E-state index is 10.9. The van der Waals surface area contributed by atoms with E-state index >= 15 is 0 Å². The molecule has 1 aromatic rings. The van der Waals surface area contributed by atoms with E-state index in [-0.39, 0.29) is 11.3 Å². The molecule has 0 bridgehead atoms. The number of nitro groups is 1. The molecule has 1 aromatic heterocycles. The molecule has 0 aliphatic heterocycles. The van der Waals surface area contributed by atoms with E-state index in [1.54, 1.807) is 7.11 Å². The average Bonchev–Trinajstić information content (AvgIpc) is 2.43. The van der Waals surface area contributed by atoms with E-state index in [2.05, 4.69) is 15.6 Å². The van der Waals surface area contributed by atoms with Crippen LogP contribution in [0.2, 0.25) is 0 Å². The van der Waals surface area contributed by atoms with Gasteiger partial charge in [0.1, 0.15) is 11.6 Å². The van der Waals surface area contributed by atoms with Gasteiger partial charge in [-0.25, -0.2) is 4.98 Å². The molecular weight excluding hydrogens is 260 g/mol. The van der Waals surface area contributed by atoms with Gasteiger partial charge in [0.25, 0.3) is 5.69 Å². The summed E-state index contributed by atoms with van der Waals surface area (Å²) in [7, 11) is 1.62. The predicted molar refractivity (Wildman–Crippen MR) is 79.2 cm³/mol. The molecule has 0 radical (unpaired) electrons. The molecule has 0 unspecified atom stereocenters. The lowest BCUT2D eigenvalue weighted by Crippen LogP contribution is -2.32. The molecule has 1 heterocycles. The van der Waals surface area contributed by atoms with Gasteiger partial charge in [0.2, 0.25) is 0 Å². The Bertz CT molecular complexity index is 463. The van der Waals surface area contributed by atoms with E-state index in [1.807, 2.05) is 20.8 Å². The second kappa shape index (κ2) is 7.04. The van der Waals surface area contributed by atoms with Crippen molar-refractivity contribution in [2.45, 2.75) is 32.8 Å². The summed E-state index contributed by atoms with van der Waals surface area (Å²) < 4.78 is 5.29. The van der Waals surface area contributed by atoms with E-state index < -0.39 is 4.92 Å². The molecule has 2 N–H and O–H groups in total. The van der Waals surface area contributed by atoms with E-state index in [0.29, 0.717) is 18.2 Å². The lowest BCUT2D eigenvalue weighted by Gasteiger charge is -2.23. The number of hydrogen-bond donors (Lipinski definition) is 2. The minimum atomic E-state index is -0.425. The zero-order chi connectivity index (χ0) is 15.2. The van der Waals surface area contributed by atoms with Crippen molar-refractivity contribution < 1.29 is 9.66 Å². The lowest BCUT2D eigenvalue weighted by molar-refractivity contribution is -0.384. The van der Waals surface area contributed by atoms with Crippen LogP contribution in [0.3, 0.4) is 0 Å². The fourth-order valence-corrected chi connectivity index (χ4v) is 1.43. The highest BCUT2D eigenvalue weighted by Gasteiger charge is 2.17. The number of aromatic nitrogens is 1. The molecule has 0 spiro atoms. The second-order valence-corrected chi connectivity index (χ2v) is 5.10. The summed E-state index contributed by atoms with van der Waals surface area (Å²) in [6.45, 7) is 7.09. The largest absolute Gasteiger partial charge is 0.377 e. The quantitative estimate of drug-likeness (QED) is 0.563. The Morgan fingerprint density at radius 2 is 1.95 bits per heavy atom. The number of pyridine rings is 1. The van der Waals surface area contributed by atoms with Crippen LogP contribution < -0.4 is 10.6 Å².